The topological polar surface area (TPSA) is 54.9 Å². The summed E-state index contributed by atoms with van der Waals surface area (Å²) in [6.45, 7) is 4.85. The Hall–Kier alpha value is -1.75. The minimum Gasteiger partial charge on any atom is -0.351 e. The van der Waals surface area contributed by atoms with Gasteiger partial charge in [-0.15, -0.1) is 11.3 Å². The monoisotopic (exact) mass is 331 g/mol. The summed E-state index contributed by atoms with van der Waals surface area (Å²) in [5, 5.41) is 3.86. The molecule has 23 heavy (non-hydrogen) atoms. The van der Waals surface area contributed by atoms with E-state index in [2.05, 4.69) is 22.2 Å². The van der Waals surface area contributed by atoms with Gasteiger partial charge in [-0.25, -0.2) is 4.98 Å². The van der Waals surface area contributed by atoms with Crippen molar-refractivity contribution in [3.05, 3.63) is 35.1 Å². The van der Waals surface area contributed by atoms with Crippen LogP contribution in [0.5, 0.6) is 0 Å². The van der Waals surface area contributed by atoms with Crippen LogP contribution in [0.15, 0.2) is 24.5 Å². The number of nitrogens with zero attached hydrogens (tertiary/aromatic N) is 2. The quantitative estimate of drug-likeness (QED) is 0.683. The Bertz CT molecular complexity index is 610. The fourth-order valence-electron chi connectivity index (χ4n) is 2.41. The molecule has 0 aliphatic heterocycles. The predicted molar refractivity (Wildman–Crippen MR) is 95.8 cm³/mol. The maximum absolute atomic E-state index is 12.3. The second kappa shape index (κ2) is 9.40. The third kappa shape index (κ3) is 5.43. The maximum atomic E-state index is 12.3. The fraction of sp³-hybridized carbons (Fsp3) is 0.500. The van der Waals surface area contributed by atoms with Gasteiger partial charge in [-0.2, -0.15) is 0 Å². The summed E-state index contributed by atoms with van der Waals surface area (Å²) < 4.78 is 0. The van der Waals surface area contributed by atoms with E-state index >= 15 is 0 Å². The number of amides is 1. The van der Waals surface area contributed by atoms with Crippen LogP contribution in [0.25, 0.3) is 10.6 Å². The van der Waals surface area contributed by atoms with Gasteiger partial charge >= 0.3 is 0 Å². The van der Waals surface area contributed by atoms with Gasteiger partial charge in [0.1, 0.15) is 9.88 Å². The van der Waals surface area contributed by atoms with Crippen LogP contribution in [-0.2, 0) is 0 Å². The zero-order chi connectivity index (χ0) is 16.5. The van der Waals surface area contributed by atoms with Gasteiger partial charge in [0.2, 0.25) is 0 Å². The molecule has 2 aromatic rings. The van der Waals surface area contributed by atoms with Crippen molar-refractivity contribution in [2.24, 2.45) is 0 Å². The molecule has 5 heteroatoms. The number of carbonyl (C=O) groups is 1. The molecule has 0 aromatic carbocycles. The van der Waals surface area contributed by atoms with E-state index in [9.17, 15) is 4.79 Å². The molecular formula is C18H25N3OS. The summed E-state index contributed by atoms with van der Waals surface area (Å²) in [6, 6.07) is 3.84. The lowest BCUT2D eigenvalue weighted by Gasteiger charge is -2.04. The van der Waals surface area contributed by atoms with Crippen LogP contribution in [0.1, 0.15) is 60.8 Å². The van der Waals surface area contributed by atoms with Crippen LogP contribution in [0, 0.1) is 6.92 Å². The molecule has 0 aliphatic rings. The van der Waals surface area contributed by atoms with Gasteiger partial charge in [0.15, 0.2) is 0 Å². The number of nitrogens with one attached hydrogen (secondary N) is 1. The fourth-order valence-corrected chi connectivity index (χ4v) is 3.38. The number of rotatable bonds is 9. The van der Waals surface area contributed by atoms with Crippen molar-refractivity contribution in [3.8, 4) is 10.6 Å². The molecule has 0 bridgehead atoms. The number of thiazole rings is 1. The third-order valence-corrected chi connectivity index (χ3v) is 4.93. The number of carbonyl (C=O) groups excluding carboxylic acids is 1. The molecule has 2 aromatic heterocycles. The molecule has 0 unspecified atom stereocenters. The van der Waals surface area contributed by atoms with E-state index in [1.807, 2.05) is 19.1 Å². The van der Waals surface area contributed by atoms with Gasteiger partial charge in [0.05, 0.1) is 5.69 Å². The van der Waals surface area contributed by atoms with Crippen molar-refractivity contribution in [3.63, 3.8) is 0 Å². The highest BCUT2D eigenvalue weighted by molar-refractivity contribution is 7.17. The van der Waals surface area contributed by atoms with Gasteiger partial charge in [-0.3, -0.25) is 9.78 Å². The first kappa shape index (κ1) is 17.6. The van der Waals surface area contributed by atoms with E-state index < -0.39 is 0 Å². The van der Waals surface area contributed by atoms with E-state index in [0.717, 1.165) is 29.2 Å². The standard InChI is InChI=1S/C18H25N3OS/c1-3-4-5-6-7-8-12-20-17(22)16-14(2)21-18(23-16)15-10-9-11-19-13-15/h9-11,13H,3-8,12H2,1-2H3,(H,20,22). The second-order valence-corrected chi connectivity index (χ2v) is 6.70. The van der Waals surface area contributed by atoms with Gasteiger partial charge in [0, 0.05) is 24.5 Å². The Kier molecular flexibility index (Phi) is 7.20. The molecule has 2 heterocycles. The van der Waals surface area contributed by atoms with Gasteiger partial charge in [-0.05, 0) is 25.5 Å². The number of aryl methyl sites for hydroxylation is 1. The molecule has 1 amide bonds. The molecule has 2 rings (SSSR count). The van der Waals surface area contributed by atoms with Crippen molar-refractivity contribution in [1.82, 2.24) is 15.3 Å². The Morgan fingerprint density at radius 1 is 1.22 bits per heavy atom. The number of hydrogen-bond donors (Lipinski definition) is 1. The highest BCUT2D eigenvalue weighted by atomic mass is 32.1. The Morgan fingerprint density at radius 3 is 2.74 bits per heavy atom. The van der Waals surface area contributed by atoms with E-state index in [4.69, 9.17) is 0 Å². The average Bonchev–Trinajstić information content (AvgIpc) is 2.96. The molecule has 0 saturated heterocycles. The summed E-state index contributed by atoms with van der Waals surface area (Å²) >= 11 is 1.43. The van der Waals surface area contributed by atoms with Crippen LogP contribution < -0.4 is 5.32 Å². The van der Waals surface area contributed by atoms with Crippen LogP contribution in [-0.4, -0.2) is 22.4 Å². The molecule has 0 radical (unpaired) electrons. The minimum absolute atomic E-state index is 0.0105. The number of hydrogen-bond acceptors (Lipinski definition) is 4. The third-order valence-electron chi connectivity index (χ3n) is 3.73. The van der Waals surface area contributed by atoms with E-state index in [-0.39, 0.29) is 5.91 Å². The van der Waals surface area contributed by atoms with Gasteiger partial charge in [0.25, 0.3) is 5.91 Å². The molecule has 0 atom stereocenters. The SMILES string of the molecule is CCCCCCCCNC(=O)c1sc(-c2cccnc2)nc1C. The van der Waals surface area contributed by atoms with E-state index in [1.165, 1.54) is 43.4 Å². The van der Waals surface area contributed by atoms with Gasteiger partial charge in [-0.1, -0.05) is 39.0 Å². The van der Waals surface area contributed by atoms with Crippen LogP contribution in [0.3, 0.4) is 0 Å². The predicted octanol–water partition coefficient (Wildman–Crippen LogP) is 4.60. The molecule has 4 nitrogen and oxygen atoms in total. The smallest absolute Gasteiger partial charge is 0.263 e. The Morgan fingerprint density at radius 2 is 2.00 bits per heavy atom. The van der Waals surface area contributed by atoms with Crippen molar-refractivity contribution in [2.75, 3.05) is 6.54 Å². The first-order chi connectivity index (χ1) is 11.2. The lowest BCUT2D eigenvalue weighted by molar-refractivity contribution is 0.0956. The number of aromatic nitrogens is 2. The van der Waals surface area contributed by atoms with Crippen LogP contribution >= 0.6 is 11.3 Å². The lowest BCUT2D eigenvalue weighted by Crippen LogP contribution is -2.24. The summed E-state index contributed by atoms with van der Waals surface area (Å²) in [6.07, 6.45) is 10.9. The minimum atomic E-state index is -0.0105. The molecule has 0 spiro atoms. The van der Waals surface area contributed by atoms with Crippen molar-refractivity contribution >= 4 is 17.2 Å². The summed E-state index contributed by atoms with van der Waals surface area (Å²) in [4.78, 5) is 21.6. The summed E-state index contributed by atoms with van der Waals surface area (Å²) in [7, 11) is 0. The largest absolute Gasteiger partial charge is 0.351 e. The molecule has 0 fully saturated rings. The van der Waals surface area contributed by atoms with Crippen LogP contribution in [0.4, 0.5) is 0 Å². The van der Waals surface area contributed by atoms with Crippen molar-refractivity contribution in [2.45, 2.75) is 52.4 Å². The number of unbranched alkanes of at least 4 members (excludes halogenated alkanes) is 5. The highest BCUT2D eigenvalue weighted by Crippen LogP contribution is 2.27. The normalized spacial score (nSPS) is 10.7. The highest BCUT2D eigenvalue weighted by Gasteiger charge is 2.15. The first-order valence-electron chi connectivity index (χ1n) is 8.38. The Balaban J connectivity index is 1.82. The van der Waals surface area contributed by atoms with Crippen LogP contribution in [0.2, 0.25) is 0 Å². The molecule has 0 aliphatic carbocycles. The van der Waals surface area contributed by atoms with Gasteiger partial charge < -0.3 is 5.32 Å². The lowest BCUT2D eigenvalue weighted by atomic mass is 10.1. The maximum Gasteiger partial charge on any atom is 0.263 e. The number of pyridine rings is 1. The summed E-state index contributed by atoms with van der Waals surface area (Å²) in [5.74, 6) is -0.0105. The molecule has 124 valence electrons. The van der Waals surface area contributed by atoms with E-state index in [1.54, 1.807) is 12.4 Å². The molecule has 0 saturated carbocycles. The average molecular weight is 331 g/mol. The molecular weight excluding hydrogens is 306 g/mol. The molecule has 1 N–H and O–H groups in total. The first-order valence-corrected chi connectivity index (χ1v) is 9.20. The Labute approximate surface area is 142 Å². The van der Waals surface area contributed by atoms with Crippen molar-refractivity contribution < 1.29 is 4.79 Å². The second-order valence-electron chi connectivity index (χ2n) is 5.70. The zero-order valence-electron chi connectivity index (χ0n) is 14.0. The van der Waals surface area contributed by atoms with E-state index in [0.29, 0.717) is 4.88 Å². The zero-order valence-corrected chi connectivity index (χ0v) is 14.8. The summed E-state index contributed by atoms with van der Waals surface area (Å²) in [5.41, 5.74) is 1.74. The van der Waals surface area contributed by atoms with Crippen molar-refractivity contribution in [1.29, 1.82) is 0 Å².